The van der Waals surface area contributed by atoms with Crippen molar-refractivity contribution in [1.82, 2.24) is 14.8 Å². The summed E-state index contributed by atoms with van der Waals surface area (Å²) in [6.07, 6.45) is 1.73. The largest absolute Gasteiger partial charge is 0.360 e. The van der Waals surface area contributed by atoms with E-state index in [-0.39, 0.29) is 5.56 Å². The van der Waals surface area contributed by atoms with E-state index in [1.54, 1.807) is 19.3 Å². The number of rotatable bonds is 4. The molecule has 0 aliphatic heterocycles. The molecule has 0 fully saturated rings. The fourth-order valence-electron chi connectivity index (χ4n) is 1.46. The molecule has 6 heteroatoms. The third-order valence-corrected chi connectivity index (χ3v) is 3.35. The van der Waals surface area contributed by atoms with Gasteiger partial charge in [-0.15, -0.1) is 10.2 Å². The van der Waals surface area contributed by atoms with E-state index in [1.807, 2.05) is 6.07 Å². The summed E-state index contributed by atoms with van der Waals surface area (Å²) in [5.41, 5.74) is 0.541. The van der Waals surface area contributed by atoms with Crippen molar-refractivity contribution < 1.29 is 0 Å². The van der Waals surface area contributed by atoms with Crippen LogP contribution in [0.15, 0.2) is 23.1 Å². The van der Waals surface area contributed by atoms with Crippen LogP contribution in [0.5, 0.6) is 0 Å². The van der Waals surface area contributed by atoms with E-state index in [1.165, 1.54) is 15.9 Å². The van der Waals surface area contributed by atoms with Gasteiger partial charge in [0.2, 0.25) is 5.13 Å². The van der Waals surface area contributed by atoms with Gasteiger partial charge in [0.05, 0.1) is 5.56 Å². The Balaban J connectivity index is 2.24. The number of anilines is 1. The molecule has 0 bridgehead atoms. The van der Waals surface area contributed by atoms with E-state index in [0.29, 0.717) is 16.5 Å². The fourth-order valence-corrected chi connectivity index (χ4v) is 2.22. The topological polar surface area (TPSA) is 59.8 Å². The second kappa shape index (κ2) is 5.30. The SMILES string of the molecule is CC(C)CNc1nnc(-c2cccn(C)c2=O)s1. The molecular formula is C12H16N4OS. The Morgan fingerprint density at radius 3 is 2.94 bits per heavy atom. The second-order valence-corrected chi connectivity index (χ2v) is 5.50. The Morgan fingerprint density at radius 1 is 1.44 bits per heavy atom. The van der Waals surface area contributed by atoms with Gasteiger partial charge in [-0.25, -0.2) is 0 Å². The molecule has 18 heavy (non-hydrogen) atoms. The van der Waals surface area contributed by atoms with Gasteiger partial charge in [0.1, 0.15) is 0 Å². The van der Waals surface area contributed by atoms with Crippen LogP contribution in [-0.2, 0) is 7.05 Å². The van der Waals surface area contributed by atoms with E-state index in [0.717, 1.165) is 11.7 Å². The fraction of sp³-hybridized carbons (Fsp3) is 0.417. The highest BCUT2D eigenvalue weighted by molar-refractivity contribution is 7.18. The minimum Gasteiger partial charge on any atom is -0.360 e. The first kappa shape index (κ1) is 12.8. The predicted molar refractivity (Wildman–Crippen MR) is 73.9 cm³/mol. The molecule has 2 aromatic heterocycles. The molecule has 2 rings (SSSR count). The lowest BCUT2D eigenvalue weighted by atomic mass is 10.2. The van der Waals surface area contributed by atoms with Crippen molar-refractivity contribution in [2.24, 2.45) is 13.0 Å². The molecule has 2 heterocycles. The molecule has 0 spiro atoms. The van der Waals surface area contributed by atoms with Gasteiger partial charge in [-0.05, 0) is 18.1 Å². The van der Waals surface area contributed by atoms with Gasteiger partial charge in [0.25, 0.3) is 5.56 Å². The quantitative estimate of drug-likeness (QED) is 0.917. The number of aromatic nitrogens is 3. The van der Waals surface area contributed by atoms with Gasteiger partial charge in [-0.3, -0.25) is 4.79 Å². The average molecular weight is 264 g/mol. The van der Waals surface area contributed by atoms with Crippen molar-refractivity contribution in [3.63, 3.8) is 0 Å². The maximum atomic E-state index is 11.9. The Hall–Kier alpha value is -1.69. The van der Waals surface area contributed by atoms with Crippen LogP contribution in [0.2, 0.25) is 0 Å². The molecular weight excluding hydrogens is 248 g/mol. The first-order chi connectivity index (χ1) is 8.58. The van der Waals surface area contributed by atoms with Gasteiger partial charge in [0, 0.05) is 19.8 Å². The zero-order valence-corrected chi connectivity index (χ0v) is 11.5. The zero-order valence-electron chi connectivity index (χ0n) is 10.7. The number of hydrogen-bond donors (Lipinski definition) is 1. The van der Waals surface area contributed by atoms with E-state index >= 15 is 0 Å². The van der Waals surface area contributed by atoms with Crippen LogP contribution in [0.3, 0.4) is 0 Å². The predicted octanol–water partition coefficient (Wildman–Crippen LogP) is 1.97. The summed E-state index contributed by atoms with van der Waals surface area (Å²) in [7, 11) is 1.73. The van der Waals surface area contributed by atoms with Crippen molar-refractivity contribution in [2.45, 2.75) is 13.8 Å². The molecule has 96 valence electrons. The number of hydrogen-bond acceptors (Lipinski definition) is 5. The Morgan fingerprint density at radius 2 is 2.22 bits per heavy atom. The lowest BCUT2D eigenvalue weighted by Gasteiger charge is -2.03. The first-order valence-corrected chi connectivity index (χ1v) is 6.63. The second-order valence-electron chi connectivity index (χ2n) is 4.53. The Bertz CT molecular complexity index is 588. The Kier molecular flexibility index (Phi) is 3.76. The van der Waals surface area contributed by atoms with Gasteiger partial charge in [-0.2, -0.15) is 0 Å². The van der Waals surface area contributed by atoms with Gasteiger partial charge < -0.3 is 9.88 Å². The molecule has 0 aliphatic carbocycles. The minimum absolute atomic E-state index is 0.0518. The molecule has 0 saturated heterocycles. The summed E-state index contributed by atoms with van der Waals surface area (Å²) in [5, 5.41) is 12.7. The maximum absolute atomic E-state index is 11.9. The molecule has 0 aliphatic rings. The van der Waals surface area contributed by atoms with Crippen molar-refractivity contribution in [3.05, 3.63) is 28.7 Å². The standard InChI is InChI=1S/C12H16N4OS/c1-8(2)7-13-12-15-14-10(18-12)9-5-4-6-16(3)11(9)17/h4-6,8H,7H2,1-3H3,(H,13,15). The molecule has 0 atom stereocenters. The molecule has 0 unspecified atom stereocenters. The van der Waals surface area contributed by atoms with Gasteiger partial charge >= 0.3 is 0 Å². The highest BCUT2D eigenvalue weighted by Gasteiger charge is 2.10. The zero-order chi connectivity index (χ0) is 13.1. The summed E-state index contributed by atoms with van der Waals surface area (Å²) >= 11 is 1.40. The lowest BCUT2D eigenvalue weighted by molar-refractivity contribution is 0.687. The van der Waals surface area contributed by atoms with Crippen molar-refractivity contribution >= 4 is 16.5 Å². The van der Waals surface area contributed by atoms with Crippen LogP contribution in [0, 0.1) is 5.92 Å². The van der Waals surface area contributed by atoms with Crippen LogP contribution in [0.1, 0.15) is 13.8 Å². The Labute approximate surface area is 110 Å². The van der Waals surface area contributed by atoms with Crippen LogP contribution < -0.4 is 10.9 Å². The number of aryl methyl sites for hydroxylation is 1. The minimum atomic E-state index is -0.0518. The highest BCUT2D eigenvalue weighted by Crippen LogP contribution is 2.23. The third kappa shape index (κ3) is 2.76. The molecule has 0 saturated carbocycles. The van der Waals surface area contributed by atoms with E-state index < -0.39 is 0 Å². The van der Waals surface area contributed by atoms with E-state index in [2.05, 4.69) is 29.4 Å². The highest BCUT2D eigenvalue weighted by atomic mass is 32.1. The third-order valence-electron chi connectivity index (χ3n) is 2.44. The van der Waals surface area contributed by atoms with Gasteiger partial charge in [-0.1, -0.05) is 25.2 Å². The monoisotopic (exact) mass is 264 g/mol. The van der Waals surface area contributed by atoms with Crippen molar-refractivity contribution in [3.8, 4) is 10.6 Å². The van der Waals surface area contributed by atoms with E-state index in [4.69, 9.17) is 0 Å². The average Bonchev–Trinajstić information content (AvgIpc) is 2.78. The summed E-state index contributed by atoms with van der Waals surface area (Å²) in [6.45, 7) is 5.10. The molecule has 1 N–H and O–H groups in total. The summed E-state index contributed by atoms with van der Waals surface area (Å²) in [6, 6.07) is 3.61. The van der Waals surface area contributed by atoms with Gasteiger partial charge in [0.15, 0.2) is 5.01 Å². The molecule has 0 radical (unpaired) electrons. The smallest absolute Gasteiger partial charge is 0.260 e. The van der Waals surface area contributed by atoms with Crippen LogP contribution in [0.25, 0.3) is 10.6 Å². The van der Waals surface area contributed by atoms with Crippen LogP contribution in [0.4, 0.5) is 5.13 Å². The summed E-state index contributed by atoms with van der Waals surface area (Å²) in [4.78, 5) is 11.9. The molecule has 0 aromatic carbocycles. The van der Waals surface area contributed by atoms with Crippen molar-refractivity contribution in [1.29, 1.82) is 0 Å². The normalized spacial score (nSPS) is 10.9. The lowest BCUT2D eigenvalue weighted by Crippen LogP contribution is -2.17. The summed E-state index contributed by atoms with van der Waals surface area (Å²) in [5.74, 6) is 0.543. The summed E-state index contributed by atoms with van der Waals surface area (Å²) < 4.78 is 1.54. The van der Waals surface area contributed by atoms with E-state index in [9.17, 15) is 4.79 Å². The molecule has 2 aromatic rings. The maximum Gasteiger partial charge on any atom is 0.260 e. The number of nitrogens with one attached hydrogen (secondary N) is 1. The molecule has 0 amide bonds. The van der Waals surface area contributed by atoms with Crippen LogP contribution in [-0.4, -0.2) is 21.3 Å². The number of pyridine rings is 1. The van der Waals surface area contributed by atoms with Crippen LogP contribution >= 0.6 is 11.3 Å². The molecule has 5 nitrogen and oxygen atoms in total. The first-order valence-electron chi connectivity index (χ1n) is 5.81. The van der Waals surface area contributed by atoms with Crippen molar-refractivity contribution in [2.75, 3.05) is 11.9 Å². The number of nitrogens with zero attached hydrogens (tertiary/aromatic N) is 3.